The molecule has 140 valence electrons. The van der Waals surface area contributed by atoms with Gasteiger partial charge in [0, 0.05) is 7.11 Å². The highest BCUT2D eigenvalue weighted by molar-refractivity contribution is 8.26. The number of thiocarbonyl (C=S) groups is 1. The molecule has 0 saturated carbocycles. The molecule has 0 aliphatic carbocycles. The van der Waals surface area contributed by atoms with Gasteiger partial charge in [0.2, 0.25) is 0 Å². The Labute approximate surface area is 167 Å². The first-order chi connectivity index (χ1) is 13.0. The lowest BCUT2D eigenvalue weighted by molar-refractivity contribution is -0.151. The Balaban J connectivity index is 1.83. The number of nitrogens with zero attached hydrogens (tertiary/aromatic N) is 1. The Morgan fingerprint density at radius 1 is 1.22 bits per heavy atom. The van der Waals surface area contributed by atoms with Crippen LogP contribution in [0.5, 0.6) is 0 Å². The Morgan fingerprint density at radius 3 is 2.74 bits per heavy atom. The van der Waals surface area contributed by atoms with Gasteiger partial charge in [-0.15, -0.1) is 0 Å². The molecule has 1 aliphatic heterocycles. The van der Waals surface area contributed by atoms with E-state index in [-0.39, 0.29) is 12.5 Å². The van der Waals surface area contributed by atoms with E-state index in [1.165, 1.54) is 23.8 Å². The summed E-state index contributed by atoms with van der Waals surface area (Å²) in [6, 6.07) is 13.1. The van der Waals surface area contributed by atoms with Crippen LogP contribution in [0.1, 0.15) is 12.5 Å². The highest BCUT2D eigenvalue weighted by atomic mass is 32.2. The largest absolute Gasteiger partial charge is 0.462 e. The van der Waals surface area contributed by atoms with Crippen molar-refractivity contribution in [2.24, 2.45) is 0 Å². The van der Waals surface area contributed by atoms with Crippen LogP contribution in [0.2, 0.25) is 0 Å². The van der Waals surface area contributed by atoms with Crippen molar-refractivity contribution in [1.82, 2.24) is 4.90 Å². The Morgan fingerprint density at radius 2 is 1.96 bits per heavy atom. The van der Waals surface area contributed by atoms with Gasteiger partial charge in [-0.2, -0.15) is 0 Å². The van der Waals surface area contributed by atoms with E-state index >= 15 is 0 Å². The normalized spacial score (nSPS) is 17.0. The molecule has 3 rings (SSSR count). The number of fused-ring (bicyclic) bond motifs is 1. The van der Waals surface area contributed by atoms with Crippen LogP contribution >= 0.6 is 24.0 Å². The number of methoxy groups -OCH3 is 1. The lowest BCUT2D eigenvalue weighted by atomic mass is 10.0. The molecular formula is C20H19NO4S2. The molecule has 0 aromatic heterocycles. The summed E-state index contributed by atoms with van der Waals surface area (Å²) in [7, 11) is 1.53. The third-order valence-corrected chi connectivity index (χ3v) is 5.52. The Kier molecular flexibility index (Phi) is 6.26. The van der Waals surface area contributed by atoms with Gasteiger partial charge in [-0.25, -0.2) is 4.79 Å². The number of hydrogen-bond donors (Lipinski definition) is 0. The smallest absolute Gasteiger partial charge is 0.329 e. The van der Waals surface area contributed by atoms with Crippen molar-refractivity contribution in [3.63, 3.8) is 0 Å². The minimum Gasteiger partial charge on any atom is -0.462 e. The predicted octanol–water partition coefficient (Wildman–Crippen LogP) is 3.62. The van der Waals surface area contributed by atoms with E-state index in [1.54, 1.807) is 6.92 Å². The lowest BCUT2D eigenvalue weighted by Gasteiger charge is -2.21. The van der Waals surface area contributed by atoms with Gasteiger partial charge >= 0.3 is 5.97 Å². The number of esters is 1. The fourth-order valence-corrected chi connectivity index (χ4v) is 4.19. The second kappa shape index (κ2) is 8.65. The van der Waals surface area contributed by atoms with Crippen LogP contribution in [0.3, 0.4) is 0 Å². The van der Waals surface area contributed by atoms with Crippen molar-refractivity contribution in [2.75, 3.05) is 20.3 Å². The van der Waals surface area contributed by atoms with E-state index in [9.17, 15) is 9.59 Å². The standard InChI is InChI=1S/C20H19NO4S2/c1-13(19(23)25-11-10-24-2)21-18(22)17(27-20(21)26)12-15-8-5-7-14-6-3-4-9-16(14)15/h3-9,12-13H,10-11H2,1-2H3. The summed E-state index contributed by atoms with van der Waals surface area (Å²) < 4.78 is 10.3. The first kappa shape index (κ1) is 19.5. The minimum atomic E-state index is -0.784. The quantitative estimate of drug-likeness (QED) is 0.319. The second-order valence-electron chi connectivity index (χ2n) is 5.96. The van der Waals surface area contributed by atoms with Crippen LogP contribution in [0.15, 0.2) is 47.4 Å². The number of benzene rings is 2. The molecule has 1 heterocycles. The third-order valence-electron chi connectivity index (χ3n) is 4.19. The average Bonchev–Trinajstić information content (AvgIpc) is 2.95. The van der Waals surface area contributed by atoms with Crippen LogP contribution in [0.4, 0.5) is 0 Å². The summed E-state index contributed by atoms with van der Waals surface area (Å²) in [5.41, 5.74) is 0.934. The lowest BCUT2D eigenvalue weighted by Crippen LogP contribution is -2.42. The average molecular weight is 402 g/mol. The summed E-state index contributed by atoms with van der Waals surface area (Å²) in [5, 5.41) is 2.15. The summed E-state index contributed by atoms with van der Waals surface area (Å²) in [4.78, 5) is 26.8. The fraction of sp³-hybridized carbons (Fsp3) is 0.250. The number of rotatable bonds is 6. The first-order valence-corrected chi connectivity index (χ1v) is 9.66. The van der Waals surface area contributed by atoms with E-state index in [4.69, 9.17) is 21.7 Å². The minimum absolute atomic E-state index is 0.139. The van der Waals surface area contributed by atoms with Gasteiger partial charge in [0.05, 0.1) is 11.5 Å². The van der Waals surface area contributed by atoms with E-state index in [1.807, 2.05) is 48.5 Å². The maximum Gasteiger partial charge on any atom is 0.329 e. The van der Waals surface area contributed by atoms with E-state index in [0.29, 0.717) is 15.8 Å². The van der Waals surface area contributed by atoms with Crippen molar-refractivity contribution >= 4 is 57.0 Å². The number of thioether (sulfide) groups is 1. The summed E-state index contributed by atoms with van der Waals surface area (Å²) in [6.45, 7) is 2.05. The van der Waals surface area contributed by atoms with Crippen molar-refractivity contribution in [3.8, 4) is 0 Å². The summed E-state index contributed by atoms with van der Waals surface area (Å²) in [5.74, 6) is -0.788. The zero-order valence-electron chi connectivity index (χ0n) is 15.0. The van der Waals surface area contributed by atoms with Crippen LogP contribution in [0, 0.1) is 0 Å². The van der Waals surface area contributed by atoms with Gasteiger partial charge in [-0.1, -0.05) is 66.4 Å². The molecule has 1 unspecified atom stereocenters. The number of ether oxygens (including phenoxy) is 2. The van der Waals surface area contributed by atoms with Gasteiger partial charge in [0.1, 0.15) is 17.0 Å². The first-order valence-electron chi connectivity index (χ1n) is 8.43. The van der Waals surface area contributed by atoms with E-state index < -0.39 is 12.0 Å². The number of amides is 1. The van der Waals surface area contributed by atoms with Gasteiger partial charge < -0.3 is 9.47 Å². The van der Waals surface area contributed by atoms with Crippen LogP contribution in [-0.4, -0.2) is 47.5 Å². The van der Waals surface area contributed by atoms with Crippen molar-refractivity contribution in [1.29, 1.82) is 0 Å². The molecule has 0 spiro atoms. The summed E-state index contributed by atoms with van der Waals surface area (Å²) in [6.07, 6.45) is 1.82. The zero-order valence-corrected chi connectivity index (χ0v) is 16.6. The maximum absolute atomic E-state index is 12.8. The monoisotopic (exact) mass is 401 g/mol. The van der Waals surface area contributed by atoms with Crippen LogP contribution < -0.4 is 0 Å². The van der Waals surface area contributed by atoms with Crippen molar-refractivity contribution in [3.05, 3.63) is 52.9 Å². The van der Waals surface area contributed by atoms with Crippen molar-refractivity contribution in [2.45, 2.75) is 13.0 Å². The van der Waals surface area contributed by atoms with Gasteiger partial charge in [-0.3, -0.25) is 9.69 Å². The molecule has 0 bridgehead atoms. The highest BCUT2D eigenvalue weighted by Gasteiger charge is 2.38. The SMILES string of the molecule is COCCOC(=O)C(C)N1C(=O)C(=Cc2cccc3ccccc23)SC1=S. The maximum atomic E-state index is 12.8. The summed E-state index contributed by atoms with van der Waals surface area (Å²) >= 11 is 6.53. The molecule has 27 heavy (non-hydrogen) atoms. The number of carbonyl (C=O) groups is 2. The molecule has 7 heteroatoms. The molecule has 5 nitrogen and oxygen atoms in total. The molecule has 0 N–H and O–H groups in total. The second-order valence-corrected chi connectivity index (χ2v) is 7.63. The van der Waals surface area contributed by atoms with E-state index in [2.05, 4.69) is 0 Å². The molecule has 1 atom stereocenters. The van der Waals surface area contributed by atoms with Gasteiger partial charge in [0.25, 0.3) is 5.91 Å². The molecule has 1 saturated heterocycles. The predicted molar refractivity (Wildman–Crippen MR) is 111 cm³/mol. The number of hydrogen-bond acceptors (Lipinski definition) is 6. The Bertz CT molecular complexity index is 920. The van der Waals surface area contributed by atoms with Crippen LogP contribution in [-0.2, 0) is 19.1 Å². The molecule has 2 aromatic carbocycles. The fourth-order valence-electron chi connectivity index (χ4n) is 2.78. The molecule has 0 radical (unpaired) electrons. The van der Waals surface area contributed by atoms with Crippen LogP contribution in [0.25, 0.3) is 16.8 Å². The van der Waals surface area contributed by atoms with Gasteiger partial charge in [-0.05, 0) is 29.3 Å². The highest BCUT2D eigenvalue weighted by Crippen LogP contribution is 2.35. The topological polar surface area (TPSA) is 55.8 Å². The molecule has 1 amide bonds. The van der Waals surface area contributed by atoms with E-state index in [0.717, 1.165) is 16.3 Å². The molecule has 1 fully saturated rings. The van der Waals surface area contributed by atoms with Crippen molar-refractivity contribution < 1.29 is 19.1 Å². The molecule has 2 aromatic rings. The van der Waals surface area contributed by atoms with Gasteiger partial charge in [0.15, 0.2) is 0 Å². The third kappa shape index (κ3) is 4.21. The molecular weight excluding hydrogens is 382 g/mol. The number of carbonyl (C=O) groups excluding carboxylic acids is 2. The Hall–Kier alpha value is -2.22. The zero-order chi connectivity index (χ0) is 19.4. The molecule has 1 aliphatic rings.